The Morgan fingerprint density at radius 2 is 1.65 bits per heavy atom. The Morgan fingerprint density at radius 1 is 1.05 bits per heavy atom. The minimum absolute atomic E-state index is 0.228. The van der Waals surface area contributed by atoms with Crippen molar-refractivity contribution in [2.45, 2.75) is 13.0 Å². The van der Waals surface area contributed by atoms with Crippen molar-refractivity contribution in [1.29, 1.82) is 5.26 Å². The van der Waals surface area contributed by atoms with Gasteiger partial charge in [0.25, 0.3) is 0 Å². The minimum Gasteiger partial charge on any atom is -0.503 e. The zero-order valence-electron chi connectivity index (χ0n) is 10.5. The number of benzene rings is 2. The fourth-order valence-corrected chi connectivity index (χ4v) is 1.76. The van der Waals surface area contributed by atoms with E-state index in [4.69, 9.17) is 10.4 Å². The molecule has 0 aliphatic rings. The highest BCUT2D eigenvalue weighted by Gasteiger charge is 2.09. The monoisotopic (exact) mass is 274 g/mol. The Bertz CT molecular complexity index is 625. The van der Waals surface area contributed by atoms with Crippen LogP contribution in [-0.2, 0) is 13.0 Å². The molecule has 0 fully saturated rings. The molecule has 5 heteroatoms. The van der Waals surface area contributed by atoms with Crippen LogP contribution in [0, 0.1) is 23.0 Å². The van der Waals surface area contributed by atoms with Crippen LogP contribution in [0.15, 0.2) is 36.4 Å². The molecule has 0 unspecified atom stereocenters. The fourth-order valence-electron chi connectivity index (χ4n) is 1.76. The van der Waals surface area contributed by atoms with Crippen molar-refractivity contribution in [2.24, 2.45) is 0 Å². The average molecular weight is 274 g/mol. The molecule has 2 rings (SSSR count). The van der Waals surface area contributed by atoms with Crippen molar-refractivity contribution in [3.8, 4) is 11.8 Å². The summed E-state index contributed by atoms with van der Waals surface area (Å²) in [6.07, 6.45) is 0.342. The smallest absolute Gasteiger partial charge is 0.187 e. The van der Waals surface area contributed by atoms with Gasteiger partial charge in [-0.15, -0.1) is 0 Å². The van der Waals surface area contributed by atoms with Gasteiger partial charge in [-0.1, -0.05) is 12.1 Å². The molecule has 0 saturated carbocycles. The van der Waals surface area contributed by atoms with Gasteiger partial charge in [0.05, 0.1) is 12.5 Å². The maximum absolute atomic E-state index is 13.2. The highest BCUT2D eigenvalue weighted by molar-refractivity contribution is 5.46. The van der Waals surface area contributed by atoms with E-state index in [1.54, 1.807) is 12.1 Å². The van der Waals surface area contributed by atoms with Gasteiger partial charge in [0, 0.05) is 12.2 Å². The number of phenolic OH excluding ortho intramolecular Hbond substituents is 1. The molecular formula is C15H12F2N2O. The Kier molecular flexibility index (Phi) is 4.16. The zero-order valence-corrected chi connectivity index (χ0v) is 10.5. The number of aromatic hydroxyl groups is 1. The van der Waals surface area contributed by atoms with E-state index >= 15 is 0 Å². The van der Waals surface area contributed by atoms with Gasteiger partial charge in [-0.2, -0.15) is 5.26 Å². The Balaban J connectivity index is 2.03. The first-order valence-electron chi connectivity index (χ1n) is 5.97. The van der Waals surface area contributed by atoms with Gasteiger partial charge in [0.2, 0.25) is 0 Å². The lowest BCUT2D eigenvalue weighted by atomic mass is 10.1. The molecule has 0 heterocycles. The highest BCUT2D eigenvalue weighted by Crippen LogP contribution is 2.22. The van der Waals surface area contributed by atoms with E-state index in [1.165, 1.54) is 0 Å². The SMILES string of the molecule is N#CCc1ccc(NCc2cc(F)c(O)c(F)c2)cc1. The molecule has 0 aliphatic heterocycles. The summed E-state index contributed by atoms with van der Waals surface area (Å²) >= 11 is 0. The van der Waals surface area contributed by atoms with Crippen LogP contribution in [-0.4, -0.2) is 5.11 Å². The van der Waals surface area contributed by atoms with Gasteiger partial charge in [-0.05, 0) is 35.4 Å². The summed E-state index contributed by atoms with van der Waals surface area (Å²) in [5.41, 5.74) is 2.07. The van der Waals surface area contributed by atoms with E-state index in [0.717, 1.165) is 23.4 Å². The van der Waals surface area contributed by atoms with Crippen LogP contribution < -0.4 is 5.32 Å². The molecule has 102 valence electrons. The van der Waals surface area contributed by atoms with Gasteiger partial charge in [0.1, 0.15) is 0 Å². The van der Waals surface area contributed by atoms with Crippen LogP contribution in [0.5, 0.6) is 5.75 Å². The van der Waals surface area contributed by atoms with E-state index in [2.05, 4.69) is 11.4 Å². The molecule has 0 spiro atoms. The molecule has 0 bridgehead atoms. The van der Waals surface area contributed by atoms with Crippen molar-refractivity contribution in [3.63, 3.8) is 0 Å². The van der Waals surface area contributed by atoms with Gasteiger partial charge >= 0.3 is 0 Å². The predicted octanol–water partition coefficient (Wildman–Crippen LogP) is 3.35. The Labute approximate surface area is 115 Å². The molecule has 2 aromatic rings. The third kappa shape index (κ3) is 3.23. The fraction of sp³-hybridized carbons (Fsp3) is 0.133. The highest BCUT2D eigenvalue weighted by atomic mass is 19.1. The van der Waals surface area contributed by atoms with Gasteiger partial charge in [-0.3, -0.25) is 0 Å². The number of anilines is 1. The molecule has 0 aromatic heterocycles. The molecule has 0 saturated heterocycles. The molecule has 0 aliphatic carbocycles. The number of nitriles is 1. The van der Waals surface area contributed by atoms with Crippen molar-refractivity contribution >= 4 is 5.69 Å². The maximum atomic E-state index is 13.2. The number of halogens is 2. The van der Waals surface area contributed by atoms with Gasteiger partial charge in [-0.25, -0.2) is 8.78 Å². The van der Waals surface area contributed by atoms with Crippen molar-refractivity contribution in [1.82, 2.24) is 0 Å². The predicted molar refractivity (Wildman–Crippen MR) is 71.1 cm³/mol. The second-order valence-corrected chi connectivity index (χ2v) is 4.29. The first-order valence-corrected chi connectivity index (χ1v) is 5.97. The Hall–Kier alpha value is -2.61. The zero-order chi connectivity index (χ0) is 14.5. The lowest BCUT2D eigenvalue weighted by molar-refractivity contribution is 0.395. The molecule has 3 nitrogen and oxygen atoms in total. The van der Waals surface area contributed by atoms with E-state index in [-0.39, 0.29) is 6.54 Å². The third-order valence-electron chi connectivity index (χ3n) is 2.81. The molecule has 0 atom stereocenters. The van der Waals surface area contributed by atoms with Crippen LogP contribution in [0.4, 0.5) is 14.5 Å². The topological polar surface area (TPSA) is 56.0 Å². The number of rotatable bonds is 4. The normalized spacial score (nSPS) is 10.1. The van der Waals surface area contributed by atoms with Crippen molar-refractivity contribution in [2.75, 3.05) is 5.32 Å². The molecule has 0 amide bonds. The van der Waals surface area contributed by atoms with Crippen molar-refractivity contribution in [3.05, 3.63) is 59.2 Å². The van der Waals surface area contributed by atoms with Crippen molar-refractivity contribution < 1.29 is 13.9 Å². The molecular weight excluding hydrogens is 262 g/mol. The first kappa shape index (κ1) is 13.8. The first-order chi connectivity index (χ1) is 9.60. The van der Waals surface area contributed by atoms with Crippen LogP contribution in [0.3, 0.4) is 0 Å². The minimum atomic E-state index is -0.980. The van der Waals surface area contributed by atoms with E-state index < -0.39 is 17.4 Å². The molecule has 2 aromatic carbocycles. The summed E-state index contributed by atoms with van der Waals surface area (Å²) < 4.78 is 26.3. The number of hydrogen-bond acceptors (Lipinski definition) is 3. The van der Waals surface area contributed by atoms with E-state index in [0.29, 0.717) is 12.0 Å². The molecule has 2 N–H and O–H groups in total. The molecule has 20 heavy (non-hydrogen) atoms. The average Bonchev–Trinajstić information content (AvgIpc) is 2.44. The quantitative estimate of drug-likeness (QED) is 0.899. The lowest BCUT2D eigenvalue weighted by Crippen LogP contribution is -2.01. The summed E-state index contributed by atoms with van der Waals surface area (Å²) in [5, 5.41) is 20.6. The lowest BCUT2D eigenvalue weighted by Gasteiger charge is -2.08. The second kappa shape index (κ2) is 6.02. The molecule has 0 radical (unpaired) electrons. The number of nitrogens with zero attached hydrogens (tertiary/aromatic N) is 1. The summed E-state index contributed by atoms with van der Waals surface area (Å²) in [7, 11) is 0. The van der Waals surface area contributed by atoms with Crippen LogP contribution >= 0.6 is 0 Å². The summed E-state index contributed by atoms with van der Waals surface area (Å²) in [5.74, 6) is -2.92. The number of phenols is 1. The summed E-state index contributed by atoms with van der Waals surface area (Å²) in [4.78, 5) is 0. The number of hydrogen-bond donors (Lipinski definition) is 2. The summed E-state index contributed by atoms with van der Waals surface area (Å²) in [6, 6.07) is 11.4. The van der Waals surface area contributed by atoms with E-state index in [9.17, 15) is 8.78 Å². The maximum Gasteiger partial charge on any atom is 0.187 e. The Morgan fingerprint density at radius 3 is 2.20 bits per heavy atom. The van der Waals surface area contributed by atoms with Crippen LogP contribution in [0.1, 0.15) is 11.1 Å². The largest absolute Gasteiger partial charge is 0.503 e. The third-order valence-corrected chi connectivity index (χ3v) is 2.81. The second-order valence-electron chi connectivity index (χ2n) is 4.29. The number of nitrogens with one attached hydrogen (secondary N) is 1. The summed E-state index contributed by atoms with van der Waals surface area (Å²) in [6.45, 7) is 0.228. The van der Waals surface area contributed by atoms with Gasteiger partial charge in [0.15, 0.2) is 17.4 Å². The van der Waals surface area contributed by atoms with Gasteiger partial charge < -0.3 is 10.4 Å². The van der Waals surface area contributed by atoms with Crippen LogP contribution in [0.25, 0.3) is 0 Å². The van der Waals surface area contributed by atoms with E-state index in [1.807, 2.05) is 12.1 Å². The standard InChI is InChI=1S/C15H12F2N2O/c16-13-7-11(8-14(17)15(13)20)9-19-12-3-1-10(2-4-12)5-6-18/h1-4,7-8,19-20H,5,9H2. The van der Waals surface area contributed by atoms with Crippen LogP contribution in [0.2, 0.25) is 0 Å².